The van der Waals surface area contributed by atoms with Crippen molar-refractivity contribution in [2.24, 2.45) is 0 Å². The second-order valence-electron chi connectivity index (χ2n) is 8.17. The van der Waals surface area contributed by atoms with Gasteiger partial charge in [-0.25, -0.2) is 0 Å². The van der Waals surface area contributed by atoms with Gasteiger partial charge in [0.25, 0.3) is 6.71 Å². The molecule has 0 N–H and O–H groups in total. The van der Waals surface area contributed by atoms with Crippen LogP contribution in [0.15, 0.2) is 122 Å². The monoisotopic (exact) mass is 458 g/mol. The van der Waals surface area contributed by atoms with Crippen LogP contribution in [0.2, 0.25) is 5.02 Å². The maximum atomic E-state index is 7.27. The molecule has 1 aromatic heterocycles. The molecular weight excluding hydrogens is 439 g/mol. The first-order valence-electron chi connectivity index (χ1n) is 11.2. The molecule has 0 atom stereocenters. The molecule has 0 amide bonds. The Bertz CT molecular complexity index is 1370. The molecule has 4 aromatic carbocycles. The van der Waals surface area contributed by atoms with Gasteiger partial charge in [-0.1, -0.05) is 78.3 Å². The van der Waals surface area contributed by atoms with Gasteiger partial charge in [-0.2, -0.15) is 0 Å². The van der Waals surface area contributed by atoms with E-state index in [4.69, 9.17) is 16.3 Å². The highest BCUT2D eigenvalue weighted by molar-refractivity contribution is 6.98. The zero-order valence-corrected chi connectivity index (χ0v) is 19.1. The van der Waals surface area contributed by atoms with Crippen molar-refractivity contribution in [2.75, 3.05) is 4.90 Å². The predicted molar refractivity (Wildman–Crippen MR) is 142 cm³/mol. The van der Waals surface area contributed by atoms with Gasteiger partial charge in [0, 0.05) is 23.8 Å². The Hall–Kier alpha value is -4.02. The summed E-state index contributed by atoms with van der Waals surface area (Å²) < 4.78 is 6.19. The van der Waals surface area contributed by atoms with E-state index in [0.717, 1.165) is 44.9 Å². The van der Waals surface area contributed by atoms with Crippen LogP contribution in [0.1, 0.15) is 0 Å². The van der Waals surface area contributed by atoms with E-state index in [0.29, 0.717) is 5.02 Å². The maximum Gasteiger partial charge on any atom is 0.254 e. The molecule has 0 unspecified atom stereocenters. The molecule has 5 heteroatoms. The van der Waals surface area contributed by atoms with E-state index in [1.807, 2.05) is 66.9 Å². The number of halogens is 1. The zero-order chi connectivity index (χ0) is 22.9. The van der Waals surface area contributed by atoms with Gasteiger partial charge in [0.2, 0.25) is 0 Å². The minimum absolute atomic E-state index is 0.0884. The van der Waals surface area contributed by atoms with E-state index in [1.165, 1.54) is 0 Å². The molecule has 0 radical (unpaired) electrons. The van der Waals surface area contributed by atoms with Crippen LogP contribution in [0.4, 0.5) is 17.1 Å². The van der Waals surface area contributed by atoms with Gasteiger partial charge in [0.15, 0.2) is 0 Å². The molecule has 162 valence electrons. The van der Waals surface area contributed by atoms with E-state index in [-0.39, 0.29) is 6.71 Å². The van der Waals surface area contributed by atoms with Gasteiger partial charge < -0.3 is 9.64 Å². The van der Waals surface area contributed by atoms with Crippen molar-refractivity contribution in [3.8, 4) is 11.5 Å². The van der Waals surface area contributed by atoms with Crippen molar-refractivity contribution < 1.29 is 4.74 Å². The molecule has 6 rings (SSSR count). The van der Waals surface area contributed by atoms with Gasteiger partial charge >= 0.3 is 0 Å². The molecule has 0 saturated heterocycles. The van der Waals surface area contributed by atoms with E-state index >= 15 is 0 Å². The van der Waals surface area contributed by atoms with Crippen LogP contribution in [0, 0.1) is 0 Å². The molecule has 0 aliphatic carbocycles. The van der Waals surface area contributed by atoms with Crippen LogP contribution in [-0.4, -0.2) is 11.7 Å². The highest BCUT2D eigenvalue weighted by atomic mass is 35.5. The standard InChI is InChI=1S/C29H20BClN2O/c31-29-24(30-23-14-7-8-17-27(23)34-28-18-19-32-20-25(28)30)15-9-16-26(29)33(21-10-3-1-4-11-21)22-12-5-2-6-13-22/h1-20H. The number of hydrogen-bond donors (Lipinski definition) is 0. The summed E-state index contributed by atoms with van der Waals surface area (Å²) >= 11 is 7.27. The lowest BCUT2D eigenvalue weighted by atomic mass is 9.36. The lowest BCUT2D eigenvalue weighted by Crippen LogP contribution is -2.55. The number of aromatic nitrogens is 1. The summed E-state index contributed by atoms with van der Waals surface area (Å²) in [5, 5.41) is 0.701. The van der Waals surface area contributed by atoms with Crippen LogP contribution >= 0.6 is 11.6 Å². The minimum atomic E-state index is -0.0884. The van der Waals surface area contributed by atoms with Crippen molar-refractivity contribution in [2.45, 2.75) is 0 Å². The Balaban J connectivity index is 1.56. The molecule has 3 nitrogen and oxygen atoms in total. The van der Waals surface area contributed by atoms with Gasteiger partial charge in [0.05, 0.1) is 10.7 Å². The molecule has 0 bridgehead atoms. The lowest BCUT2D eigenvalue weighted by Gasteiger charge is -2.30. The van der Waals surface area contributed by atoms with Crippen molar-refractivity contribution in [1.82, 2.24) is 4.98 Å². The Morgan fingerprint density at radius 2 is 1.24 bits per heavy atom. The zero-order valence-electron chi connectivity index (χ0n) is 18.3. The highest BCUT2D eigenvalue weighted by Gasteiger charge is 2.34. The third kappa shape index (κ3) is 3.53. The largest absolute Gasteiger partial charge is 0.458 e. The third-order valence-corrected chi connectivity index (χ3v) is 6.57. The first-order chi connectivity index (χ1) is 16.8. The number of nitrogens with zero attached hydrogens (tertiary/aromatic N) is 2. The average molecular weight is 459 g/mol. The van der Waals surface area contributed by atoms with Crippen molar-refractivity contribution in [3.05, 3.63) is 127 Å². The fourth-order valence-electron chi connectivity index (χ4n) is 4.65. The molecule has 1 aliphatic heterocycles. The lowest BCUT2D eigenvalue weighted by molar-refractivity contribution is 0.487. The summed E-state index contributed by atoms with van der Waals surface area (Å²) in [4.78, 5) is 6.59. The number of rotatable bonds is 4. The number of fused-ring (bicyclic) bond motifs is 2. The van der Waals surface area contributed by atoms with Crippen LogP contribution in [0.3, 0.4) is 0 Å². The van der Waals surface area contributed by atoms with E-state index in [1.54, 1.807) is 6.20 Å². The average Bonchev–Trinajstić information content (AvgIpc) is 2.90. The number of para-hydroxylation sites is 3. The van der Waals surface area contributed by atoms with Gasteiger partial charge in [-0.05, 0) is 58.9 Å². The first-order valence-corrected chi connectivity index (χ1v) is 11.6. The summed E-state index contributed by atoms with van der Waals surface area (Å²) in [5.41, 5.74) is 6.11. The predicted octanol–water partition coefficient (Wildman–Crippen LogP) is 5.83. The fourth-order valence-corrected chi connectivity index (χ4v) is 4.97. The minimum Gasteiger partial charge on any atom is -0.458 e. The van der Waals surface area contributed by atoms with Crippen LogP contribution in [0.5, 0.6) is 11.5 Å². The Labute approximate surface area is 204 Å². The van der Waals surface area contributed by atoms with Gasteiger partial charge in [-0.3, -0.25) is 4.98 Å². The molecular formula is C29H20BClN2O. The van der Waals surface area contributed by atoms with Gasteiger partial charge in [-0.15, -0.1) is 0 Å². The summed E-state index contributed by atoms with van der Waals surface area (Å²) in [5.74, 6) is 1.65. The van der Waals surface area contributed by atoms with Crippen molar-refractivity contribution in [3.63, 3.8) is 0 Å². The molecule has 0 fully saturated rings. The Morgan fingerprint density at radius 3 is 1.97 bits per heavy atom. The number of benzene rings is 4. The molecule has 1 aliphatic rings. The summed E-state index contributed by atoms with van der Waals surface area (Å²) in [7, 11) is 0. The topological polar surface area (TPSA) is 25.4 Å². The Morgan fingerprint density at radius 1 is 0.618 bits per heavy atom. The third-order valence-electron chi connectivity index (χ3n) is 6.16. The SMILES string of the molecule is Clc1c(B2c3ccccc3Oc3ccncc32)cccc1N(c1ccccc1)c1ccccc1. The van der Waals surface area contributed by atoms with E-state index in [9.17, 15) is 0 Å². The second kappa shape index (κ2) is 8.73. The van der Waals surface area contributed by atoms with Crippen LogP contribution in [0.25, 0.3) is 0 Å². The summed E-state index contributed by atoms with van der Waals surface area (Å²) in [6.07, 6.45) is 3.64. The smallest absolute Gasteiger partial charge is 0.254 e. The molecule has 5 aromatic rings. The first kappa shape index (κ1) is 20.6. The maximum absolute atomic E-state index is 7.27. The highest BCUT2D eigenvalue weighted by Crippen LogP contribution is 2.38. The molecule has 34 heavy (non-hydrogen) atoms. The van der Waals surface area contributed by atoms with Crippen LogP contribution in [-0.2, 0) is 0 Å². The van der Waals surface area contributed by atoms with Gasteiger partial charge in [0.1, 0.15) is 11.5 Å². The van der Waals surface area contributed by atoms with E-state index in [2.05, 4.69) is 58.4 Å². The van der Waals surface area contributed by atoms with E-state index < -0.39 is 0 Å². The summed E-state index contributed by atoms with van der Waals surface area (Å²) in [6, 6.07) is 36.9. The second-order valence-corrected chi connectivity index (χ2v) is 8.55. The van der Waals surface area contributed by atoms with Crippen molar-refractivity contribution in [1.29, 1.82) is 0 Å². The number of hydrogen-bond acceptors (Lipinski definition) is 3. The molecule has 2 heterocycles. The molecule has 0 spiro atoms. The normalized spacial score (nSPS) is 11.9. The summed E-state index contributed by atoms with van der Waals surface area (Å²) in [6.45, 7) is -0.0884. The quantitative estimate of drug-likeness (QED) is 0.311. The molecule has 0 saturated carbocycles. The number of pyridine rings is 1. The Kier molecular flexibility index (Phi) is 5.29. The number of anilines is 3. The number of ether oxygens (including phenoxy) is 1. The van der Waals surface area contributed by atoms with Crippen LogP contribution < -0.4 is 26.0 Å². The van der Waals surface area contributed by atoms with Crippen molar-refractivity contribution >= 4 is 51.8 Å². The fraction of sp³-hybridized carbons (Fsp3) is 0.